The van der Waals surface area contributed by atoms with Crippen LogP contribution in [0.3, 0.4) is 0 Å². The summed E-state index contributed by atoms with van der Waals surface area (Å²) < 4.78 is 12.8. The van der Waals surface area contributed by atoms with Crippen LogP contribution in [0.4, 0.5) is 10.1 Å². The zero-order valence-electron chi connectivity index (χ0n) is 7.50. The highest BCUT2D eigenvalue weighted by molar-refractivity contribution is 7.08. The first kappa shape index (κ1) is 9.61. The van der Waals surface area contributed by atoms with Gasteiger partial charge < -0.3 is 10.6 Å². The Morgan fingerprint density at radius 1 is 1.71 bits per heavy atom. The highest BCUT2D eigenvalue weighted by Gasteiger charge is 2.29. The Bertz CT molecular complexity index is 315. The number of carbonyl (C=O) groups is 1. The smallest absolute Gasteiger partial charge is 0.241 e. The lowest BCUT2D eigenvalue weighted by molar-refractivity contribution is -0.117. The van der Waals surface area contributed by atoms with E-state index in [1.807, 2.05) is 16.8 Å². The molecule has 2 N–H and O–H groups in total. The molecule has 1 fully saturated rings. The maximum absolute atomic E-state index is 12.8. The molecule has 2 heterocycles. The van der Waals surface area contributed by atoms with E-state index < -0.39 is 6.17 Å². The predicted molar refractivity (Wildman–Crippen MR) is 54.3 cm³/mol. The van der Waals surface area contributed by atoms with E-state index >= 15 is 0 Å². The van der Waals surface area contributed by atoms with Crippen LogP contribution in [0.1, 0.15) is 6.42 Å². The number of amides is 1. The van der Waals surface area contributed by atoms with Crippen LogP contribution in [-0.4, -0.2) is 24.7 Å². The van der Waals surface area contributed by atoms with Gasteiger partial charge >= 0.3 is 0 Å². The molecule has 2 atom stereocenters. The molecule has 1 amide bonds. The minimum absolute atomic E-state index is 0.149. The molecule has 1 aliphatic heterocycles. The molecule has 76 valence electrons. The standard InChI is InChI=1S/C9H11FN2OS/c10-6-3-8(11-4-6)9(13)12-7-1-2-14-5-7/h1-2,5-6,8,11H,3-4H2,(H,12,13)/t6-,8+/m0/s1. The Kier molecular flexibility index (Phi) is 2.79. The zero-order valence-corrected chi connectivity index (χ0v) is 8.31. The number of anilines is 1. The summed E-state index contributed by atoms with van der Waals surface area (Å²) in [4.78, 5) is 11.5. The van der Waals surface area contributed by atoms with Crippen LogP contribution in [0.2, 0.25) is 0 Å². The van der Waals surface area contributed by atoms with Gasteiger partial charge in [-0.15, -0.1) is 0 Å². The van der Waals surface area contributed by atoms with Gasteiger partial charge in [0, 0.05) is 18.3 Å². The van der Waals surface area contributed by atoms with Crippen molar-refractivity contribution >= 4 is 22.9 Å². The first-order valence-corrected chi connectivity index (χ1v) is 5.40. The van der Waals surface area contributed by atoms with Crippen LogP contribution in [0.5, 0.6) is 0 Å². The molecule has 1 aromatic rings. The lowest BCUT2D eigenvalue weighted by Gasteiger charge is -2.08. The van der Waals surface area contributed by atoms with E-state index in [9.17, 15) is 9.18 Å². The minimum atomic E-state index is -0.895. The molecule has 0 bridgehead atoms. The van der Waals surface area contributed by atoms with Crippen LogP contribution in [0.15, 0.2) is 16.8 Å². The first-order valence-electron chi connectivity index (χ1n) is 4.46. The van der Waals surface area contributed by atoms with E-state index in [1.165, 1.54) is 11.3 Å². The molecule has 14 heavy (non-hydrogen) atoms. The third kappa shape index (κ3) is 2.10. The summed E-state index contributed by atoms with van der Waals surface area (Å²) in [5.74, 6) is -0.149. The summed E-state index contributed by atoms with van der Waals surface area (Å²) in [7, 11) is 0. The van der Waals surface area contributed by atoms with Crippen molar-refractivity contribution < 1.29 is 9.18 Å². The second kappa shape index (κ2) is 4.06. The summed E-state index contributed by atoms with van der Waals surface area (Å²) in [6.45, 7) is 0.279. The number of halogens is 1. The number of rotatable bonds is 2. The van der Waals surface area contributed by atoms with Crippen LogP contribution in [0, 0.1) is 0 Å². The van der Waals surface area contributed by atoms with Crippen molar-refractivity contribution in [3.05, 3.63) is 16.8 Å². The second-order valence-electron chi connectivity index (χ2n) is 3.30. The lowest BCUT2D eigenvalue weighted by atomic mass is 10.2. The Hall–Kier alpha value is -0.940. The fourth-order valence-corrected chi connectivity index (χ4v) is 2.05. The molecule has 3 nitrogen and oxygen atoms in total. The minimum Gasteiger partial charge on any atom is -0.324 e. The molecule has 2 rings (SSSR count). The monoisotopic (exact) mass is 214 g/mol. The van der Waals surface area contributed by atoms with E-state index in [-0.39, 0.29) is 24.9 Å². The summed E-state index contributed by atoms with van der Waals surface area (Å²) in [5, 5.41) is 9.29. The molecule has 0 aliphatic carbocycles. The number of carbonyl (C=O) groups excluding carboxylic acids is 1. The van der Waals surface area contributed by atoms with Crippen LogP contribution in [-0.2, 0) is 4.79 Å². The summed E-state index contributed by atoms with van der Waals surface area (Å²) in [6, 6.07) is 1.44. The Morgan fingerprint density at radius 3 is 3.14 bits per heavy atom. The van der Waals surface area contributed by atoms with Crippen molar-refractivity contribution in [1.29, 1.82) is 0 Å². The SMILES string of the molecule is O=C(Nc1ccsc1)[C@H]1C[C@H](F)CN1. The van der Waals surface area contributed by atoms with Gasteiger partial charge in [-0.3, -0.25) is 4.79 Å². The zero-order chi connectivity index (χ0) is 9.97. The average Bonchev–Trinajstić information content (AvgIpc) is 2.75. The van der Waals surface area contributed by atoms with Gasteiger partial charge in [0.25, 0.3) is 0 Å². The van der Waals surface area contributed by atoms with E-state index in [0.29, 0.717) is 0 Å². The maximum Gasteiger partial charge on any atom is 0.241 e. The number of alkyl halides is 1. The molecule has 0 aromatic carbocycles. The largest absolute Gasteiger partial charge is 0.324 e. The van der Waals surface area contributed by atoms with Gasteiger partial charge in [0.15, 0.2) is 0 Å². The summed E-state index contributed by atoms with van der Waals surface area (Å²) in [6.07, 6.45) is -0.621. The van der Waals surface area contributed by atoms with Crippen molar-refractivity contribution in [2.24, 2.45) is 0 Å². The van der Waals surface area contributed by atoms with E-state index in [0.717, 1.165) is 5.69 Å². The van der Waals surface area contributed by atoms with Gasteiger partial charge in [-0.05, 0) is 11.4 Å². The van der Waals surface area contributed by atoms with Crippen molar-refractivity contribution in [3.8, 4) is 0 Å². The van der Waals surface area contributed by atoms with Gasteiger partial charge in [0.1, 0.15) is 6.17 Å². The van der Waals surface area contributed by atoms with Gasteiger partial charge in [-0.25, -0.2) is 4.39 Å². The molecule has 0 unspecified atom stereocenters. The van der Waals surface area contributed by atoms with E-state index in [4.69, 9.17) is 0 Å². The number of hydrogen-bond acceptors (Lipinski definition) is 3. The highest BCUT2D eigenvalue weighted by Crippen LogP contribution is 2.15. The van der Waals surface area contributed by atoms with Crippen molar-refractivity contribution in [1.82, 2.24) is 5.32 Å². The van der Waals surface area contributed by atoms with Crippen LogP contribution in [0.25, 0.3) is 0 Å². The van der Waals surface area contributed by atoms with Crippen molar-refractivity contribution in [2.75, 3.05) is 11.9 Å². The van der Waals surface area contributed by atoms with Gasteiger partial charge in [-0.1, -0.05) is 0 Å². The number of hydrogen-bond donors (Lipinski definition) is 2. The number of thiophene rings is 1. The predicted octanol–water partition coefficient (Wildman–Crippen LogP) is 1.39. The Balaban J connectivity index is 1.90. The van der Waals surface area contributed by atoms with Gasteiger partial charge in [0.2, 0.25) is 5.91 Å². The van der Waals surface area contributed by atoms with Crippen LogP contribution < -0.4 is 10.6 Å². The van der Waals surface area contributed by atoms with Gasteiger partial charge in [-0.2, -0.15) is 11.3 Å². The third-order valence-corrected chi connectivity index (χ3v) is 2.87. The molecular weight excluding hydrogens is 203 g/mol. The summed E-state index contributed by atoms with van der Waals surface area (Å²) >= 11 is 1.52. The summed E-state index contributed by atoms with van der Waals surface area (Å²) in [5.41, 5.74) is 0.782. The quantitative estimate of drug-likeness (QED) is 0.781. The molecule has 0 radical (unpaired) electrons. The normalized spacial score (nSPS) is 26.4. The molecule has 0 spiro atoms. The number of nitrogens with one attached hydrogen (secondary N) is 2. The molecular formula is C9H11FN2OS. The highest BCUT2D eigenvalue weighted by atomic mass is 32.1. The molecule has 5 heteroatoms. The average molecular weight is 214 g/mol. The van der Waals surface area contributed by atoms with E-state index in [2.05, 4.69) is 10.6 Å². The second-order valence-corrected chi connectivity index (χ2v) is 4.08. The maximum atomic E-state index is 12.8. The van der Waals surface area contributed by atoms with Crippen molar-refractivity contribution in [3.63, 3.8) is 0 Å². The third-order valence-electron chi connectivity index (χ3n) is 2.18. The van der Waals surface area contributed by atoms with Gasteiger partial charge in [0.05, 0.1) is 11.7 Å². The van der Waals surface area contributed by atoms with Crippen LogP contribution >= 0.6 is 11.3 Å². The molecule has 1 aromatic heterocycles. The van der Waals surface area contributed by atoms with Crippen molar-refractivity contribution in [2.45, 2.75) is 18.6 Å². The molecule has 1 aliphatic rings. The fraction of sp³-hybridized carbons (Fsp3) is 0.444. The first-order chi connectivity index (χ1) is 6.75. The lowest BCUT2D eigenvalue weighted by Crippen LogP contribution is -2.35. The Morgan fingerprint density at radius 2 is 2.57 bits per heavy atom. The van der Waals surface area contributed by atoms with E-state index in [1.54, 1.807) is 0 Å². The Labute approximate surface area is 85.3 Å². The molecule has 1 saturated heterocycles. The topological polar surface area (TPSA) is 41.1 Å². The molecule has 0 saturated carbocycles. The fourth-order valence-electron chi connectivity index (χ4n) is 1.46.